The number of nitrogens with zero attached hydrogens (tertiary/aromatic N) is 1. The molecule has 0 bridgehead atoms. The molecule has 0 aliphatic carbocycles. The molecule has 0 amide bonds. The van der Waals surface area contributed by atoms with Crippen LogP contribution < -0.4 is 10.4 Å². The van der Waals surface area contributed by atoms with Crippen molar-refractivity contribution in [2.45, 2.75) is 6.92 Å². The van der Waals surface area contributed by atoms with Crippen molar-refractivity contribution in [2.24, 2.45) is 5.16 Å². The highest BCUT2D eigenvalue weighted by molar-refractivity contribution is 5.93. The summed E-state index contributed by atoms with van der Waals surface area (Å²) in [6.07, 6.45) is 0. The molecule has 1 heterocycles. The fraction of sp³-hybridized carbons (Fsp3) is 0.111. The van der Waals surface area contributed by atoms with Crippen LogP contribution in [0.25, 0.3) is 22.1 Å². The van der Waals surface area contributed by atoms with E-state index in [0.717, 1.165) is 16.5 Å². The van der Waals surface area contributed by atoms with Gasteiger partial charge < -0.3 is 14.4 Å². The Morgan fingerprint density at radius 1 is 1.17 bits per heavy atom. The molecule has 116 valence electrons. The number of benzene rings is 2. The summed E-state index contributed by atoms with van der Waals surface area (Å²) in [6, 6.07) is 16.4. The first kappa shape index (κ1) is 14.8. The van der Waals surface area contributed by atoms with Gasteiger partial charge in [0.2, 0.25) is 0 Å². The summed E-state index contributed by atoms with van der Waals surface area (Å²) < 4.78 is 10.8. The quantitative estimate of drug-likeness (QED) is 0.345. The number of hydrogen-bond donors (Lipinski definition) is 1. The van der Waals surface area contributed by atoms with Crippen LogP contribution in [0.4, 0.5) is 0 Å². The zero-order valence-corrected chi connectivity index (χ0v) is 12.5. The maximum absolute atomic E-state index is 11.8. The molecule has 1 N–H and O–H groups in total. The van der Waals surface area contributed by atoms with Gasteiger partial charge in [0.25, 0.3) is 0 Å². The molecule has 0 saturated heterocycles. The van der Waals surface area contributed by atoms with Gasteiger partial charge in [-0.15, -0.1) is 0 Å². The van der Waals surface area contributed by atoms with Crippen LogP contribution in [-0.4, -0.2) is 17.5 Å². The average Bonchev–Trinajstić information content (AvgIpc) is 2.59. The molecule has 0 radical (unpaired) electrons. The monoisotopic (exact) mass is 309 g/mol. The lowest BCUT2D eigenvalue weighted by atomic mass is 10.0. The van der Waals surface area contributed by atoms with Crippen molar-refractivity contribution < 1.29 is 14.4 Å². The smallest absolute Gasteiger partial charge is 0.336 e. The van der Waals surface area contributed by atoms with Crippen molar-refractivity contribution in [3.05, 3.63) is 65.0 Å². The van der Waals surface area contributed by atoms with Gasteiger partial charge in [-0.3, -0.25) is 0 Å². The molecule has 5 heteroatoms. The lowest BCUT2D eigenvalue weighted by Crippen LogP contribution is -2.07. The van der Waals surface area contributed by atoms with Crippen molar-refractivity contribution in [3.63, 3.8) is 0 Å². The molecule has 0 aliphatic rings. The Kier molecular flexibility index (Phi) is 4.10. The fourth-order valence-corrected chi connectivity index (χ4v) is 2.31. The van der Waals surface area contributed by atoms with Gasteiger partial charge in [-0.1, -0.05) is 35.5 Å². The molecular weight excluding hydrogens is 294 g/mol. The predicted octanol–water partition coefficient (Wildman–Crippen LogP) is 3.69. The van der Waals surface area contributed by atoms with Crippen LogP contribution >= 0.6 is 0 Å². The van der Waals surface area contributed by atoms with Crippen LogP contribution in [0, 0.1) is 0 Å². The van der Waals surface area contributed by atoms with Crippen LogP contribution in [-0.2, 0) is 0 Å². The largest absolute Gasteiger partial charge is 0.487 e. The van der Waals surface area contributed by atoms with E-state index in [1.807, 2.05) is 36.4 Å². The lowest BCUT2D eigenvalue weighted by Gasteiger charge is -2.08. The molecule has 5 nitrogen and oxygen atoms in total. The van der Waals surface area contributed by atoms with Gasteiger partial charge in [-0.2, -0.15) is 0 Å². The Hall–Kier alpha value is -3.08. The summed E-state index contributed by atoms with van der Waals surface area (Å²) in [6.45, 7) is 1.80. The van der Waals surface area contributed by atoms with Gasteiger partial charge >= 0.3 is 5.63 Å². The highest BCUT2D eigenvalue weighted by Gasteiger charge is 2.09. The minimum atomic E-state index is -0.415. The summed E-state index contributed by atoms with van der Waals surface area (Å²) in [5, 5.41) is 12.5. The second-order valence-corrected chi connectivity index (χ2v) is 5.13. The van der Waals surface area contributed by atoms with Crippen LogP contribution in [0.2, 0.25) is 0 Å². The normalized spacial score (nSPS) is 11.6. The molecular formula is C18H15NO4. The van der Waals surface area contributed by atoms with E-state index < -0.39 is 5.63 Å². The number of ether oxygens (including phenoxy) is 1. The minimum absolute atomic E-state index is 0.157. The van der Waals surface area contributed by atoms with E-state index in [2.05, 4.69) is 5.16 Å². The highest BCUT2D eigenvalue weighted by Crippen LogP contribution is 2.29. The molecule has 3 aromatic rings. The van der Waals surface area contributed by atoms with E-state index in [1.54, 1.807) is 19.1 Å². The first-order valence-corrected chi connectivity index (χ1v) is 7.11. The van der Waals surface area contributed by atoms with Crippen LogP contribution in [0.3, 0.4) is 0 Å². The van der Waals surface area contributed by atoms with Crippen LogP contribution in [0.15, 0.2) is 69.0 Å². The number of oxime groups is 1. The molecule has 1 aromatic heterocycles. The second-order valence-electron chi connectivity index (χ2n) is 5.13. The molecule has 23 heavy (non-hydrogen) atoms. The summed E-state index contributed by atoms with van der Waals surface area (Å²) in [5.41, 5.74) is 2.25. The van der Waals surface area contributed by atoms with Crippen molar-refractivity contribution in [3.8, 4) is 16.9 Å². The zero-order chi connectivity index (χ0) is 16.2. The Morgan fingerprint density at radius 2 is 1.96 bits per heavy atom. The number of fused-ring (bicyclic) bond motifs is 1. The zero-order valence-electron chi connectivity index (χ0n) is 12.5. The van der Waals surface area contributed by atoms with Crippen LogP contribution in [0.5, 0.6) is 5.75 Å². The Balaban J connectivity index is 2.06. The maximum atomic E-state index is 11.8. The second kappa shape index (κ2) is 6.36. The SMILES string of the molecule is CC(COc1ccc2c(-c3ccccc3)cc(=O)oc2c1)=NO. The number of rotatable bonds is 4. The highest BCUT2D eigenvalue weighted by atomic mass is 16.5. The van der Waals surface area contributed by atoms with Crippen LogP contribution in [0.1, 0.15) is 6.92 Å². The van der Waals surface area contributed by atoms with Gasteiger partial charge in [-0.25, -0.2) is 4.79 Å². The van der Waals surface area contributed by atoms with Crippen molar-refractivity contribution in [2.75, 3.05) is 6.61 Å². The van der Waals surface area contributed by atoms with E-state index in [1.165, 1.54) is 6.07 Å². The molecule has 2 aromatic carbocycles. The molecule has 0 fully saturated rings. The Morgan fingerprint density at radius 3 is 2.70 bits per heavy atom. The first-order valence-electron chi connectivity index (χ1n) is 7.11. The summed E-state index contributed by atoms with van der Waals surface area (Å²) in [7, 11) is 0. The van der Waals surface area contributed by atoms with Crippen molar-refractivity contribution in [1.29, 1.82) is 0 Å². The average molecular weight is 309 g/mol. The summed E-state index contributed by atoms with van der Waals surface area (Å²) in [5.74, 6) is 0.536. The Bertz CT molecular complexity index is 913. The van der Waals surface area contributed by atoms with Gasteiger partial charge in [0.1, 0.15) is 17.9 Å². The van der Waals surface area contributed by atoms with Gasteiger partial charge in [0, 0.05) is 17.5 Å². The number of hydrogen-bond acceptors (Lipinski definition) is 5. The van der Waals surface area contributed by atoms with Gasteiger partial charge in [0.05, 0.1) is 5.71 Å². The van der Waals surface area contributed by atoms with E-state index in [4.69, 9.17) is 14.4 Å². The predicted molar refractivity (Wildman–Crippen MR) is 88.3 cm³/mol. The molecule has 0 spiro atoms. The molecule has 3 rings (SSSR count). The minimum Gasteiger partial charge on any atom is -0.487 e. The first-order chi connectivity index (χ1) is 11.2. The summed E-state index contributed by atoms with van der Waals surface area (Å²) in [4.78, 5) is 11.8. The fourth-order valence-electron chi connectivity index (χ4n) is 2.31. The summed E-state index contributed by atoms with van der Waals surface area (Å²) >= 11 is 0. The topological polar surface area (TPSA) is 72.0 Å². The van der Waals surface area contributed by atoms with E-state index in [0.29, 0.717) is 17.0 Å². The molecule has 0 unspecified atom stereocenters. The van der Waals surface area contributed by atoms with E-state index in [9.17, 15) is 4.79 Å². The van der Waals surface area contributed by atoms with Crippen molar-refractivity contribution >= 4 is 16.7 Å². The van der Waals surface area contributed by atoms with Gasteiger partial charge in [0.15, 0.2) is 0 Å². The third-order valence-corrected chi connectivity index (χ3v) is 3.42. The molecule has 0 aliphatic heterocycles. The maximum Gasteiger partial charge on any atom is 0.336 e. The Labute approximate surface area is 132 Å². The van der Waals surface area contributed by atoms with Crippen molar-refractivity contribution in [1.82, 2.24) is 0 Å². The third kappa shape index (κ3) is 3.23. The molecule has 0 atom stereocenters. The van der Waals surface area contributed by atoms with E-state index in [-0.39, 0.29) is 6.61 Å². The molecule has 0 saturated carbocycles. The van der Waals surface area contributed by atoms with Gasteiger partial charge in [-0.05, 0) is 30.2 Å². The van der Waals surface area contributed by atoms with E-state index >= 15 is 0 Å². The third-order valence-electron chi connectivity index (χ3n) is 3.42. The standard InChI is InChI=1S/C18H15NO4/c1-12(19-21)11-22-14-7-8-15-16(13-5-3-2-4-6-13)10-18(20)23-17(15)9-14/h2-10,21H,11H2,1H3. The lowest BCUT2D eigenvalue weighted by molar-refractivity contribution is 0.307.